The number of benzene rings is 3. The molecule has 0 aliphatic rings. The lowest BCUT2D eigenvalue weighted by Crippen LogP contribution is -2.54. The molecule has 41 heavy (non-hydrogen) atoms. The van der Waals surface area contributed by atoms with E-state index in [1.807, 2.05) is 34.6 Å². The predicted molar refractivity (Wildman–Crippen MR) is 163 cm³/mol. The summed E-state index contributed by atoms with van der Waals surface area (Å²) in [6, 6.07) is 17.6. The summed E-state index contributed by atoms with van der Waals surface area (Å²) < 4.78 is 34.7. The lowest BCUT2D eigenvalue weighted by molar-refractivity contribution is -0.140. The zero-order valence-corrected chi connectivity index (χ0v) is 26.1. The number of carbonyl (C=O) groups is 2. The highest BCUT2D eigenvalue weighted by Gasteiger charge is 2.34. The minimum absolute atomic E-state index is 0.0298. The zero-order chi connectivity index (χ0) is 30.5. The molecule has 0 saturated carbocycles. The minimum Gasteiger partial charge on any atom is -0.495 e. The Kier molecular flexibility index (Phi) is 10.1. The Balaban J connectivity index is 2.10. The molecule has 0 aliphatic heterocycles. The van der Waals surface area contributed by atoms with E-state index in [2.05, 4.69) is 5.32 Å². The van der Waals surface area contributed by atoms with Crippen LogP contribution in [0.25, 0.3) is 0 Å². The van der Waals surface area contributed by atoms with Gasteiger partial charge in [0.1, 0.15) is 18.3 Å². The summed E-state index contributed by atoms with van der Waals surface area (Å²) in [6.45, 7) is 10.4. The van der Waals surface area contributed by atoms with Crippen LogP contribution in [0.15, 0.2) is 71.6 Å². The molecule has 0 unspecified atom stereocenters. The second-order valence-electron chi connectivity index (χ2n) is 11.1. The molecule has 10 heteroatoms. The maximum atomic E-state index is 14.1. The first-order chi connectivity index (χ1) is 19.1. The Morgan fingerprint density at radius 3 is 2.10 bits per heavy atom. The quantitative estimate of drug-likeness (QED) is 0.332. The maximum absolute atomic E-state index is 14.1. The lowest BCUT2D eigenvalue weighted by atomic mass is 10.1. The van der Waals surface area contributed by atoms with Crippen LogP contribution in [0, 0.1) is 13.8 Å². The highest BCUT2D eigenvalue weighted by atomic mass is 35.5. The number of rotatable bonds is 10. The molecule has 0 heterocycles. The van der Waals surface area contributed by atoms with E-state index in [1.165, 1.54) is 24.1 Å². The Morgan fingerprint density at radius 2 is 1.54 bits per heavy atom. The molecule has 0 radical (unpaired) electrons. The van der Waals surface area contributed by atoms with E-state index in [1.54, 1.807) is 61.5 Å². The van der Waals surface area contributed by atoms with E-state index in [0.29, 0.717) is 10.8 Å². The number of carbonyl (C=O) groups excluding carboxylic acids is 2. The molecule has 1 atom stereocenters. The van der Waals surface area contributed by atoms with Crippen LogP contribution in [-0.2, 0) is 26.2 Å². The van der Waals surface area contributed by atoms with Gasteiger partial charge >= 0.3 is 0 Å². The molecule has 0 spiro atoms. The lowest BCUT2D eigenvalue weighted by Gasteiger charge is -2.33. The van der Waals surface area contributed by atoms with Crippen LogP contribution in [-0.4, -0.2) is 50.4 Å². The normalized spacial score (nSPS) is 12.4. The topological polar surface area (TPSA) is 96.0 Å². The van der Waals surface area contributed by atoms with Crippen LogP contribution in [0.3, 0.4) is 0 Å². The van der Waals surface area contributed by atoms with E-state index in [0.717, 1.165) is 21.0 Å². The van der Waals surface area contributed by atoms with Gasteiger partial charge in [0.05, 0.1) is 17.7 Å². The summed E-state index contributed by atoms with van der Waals surface area (Å²) in [7, 11) is -2.77. The maximum Gasteiger partial charge on any atom is 0.264 e. The number of anilines is 1. The summed E-state index contributed by atoms with van der Waals surface area (Å²) in [5.74, 6) is -0.626. The molecule has 0 saturated heterocycles. The number of nitrogens with one attached hydrogen (secondary N) is 1. The Labute approximate surface area is 248 Å². The Hall–Kier alpha value is -3.56. The first kappa shape index (κ1) is 32.0. The van der Waals surface area contributed by atoms with Crippen molar-refractivity contribution < 1.29 is 22.7 Å². The molecule has 0 fully saturated rings. The second-order valence-corrected chi connectivity index (χ2v) is 13.4. The Bertz CT molecular complexity index is 1480. The third-order valence-corrected chi connectivity index (χ3v) is 8.45. The van der Waals surface area contributed by atoms with Gasteiger partial charge in [-0.05, 0) is 89.1 Å². The summed E-state index contributed by atoms with van der Waals surface area (Å²) in [5.41, 5.74) is 2.11. The van der Waals surface area contributed by atoms with Crippen molar-refractivity contribution in [3.8, 4) is 5.75 Å². The fraction of sp³-hybridized carbons (Fsp3) is 0.355. The van der Waals surface area contributed by atoms with E-state index >= 15 is 0 Å². The number of hydrogen-bond acceptors (Lipinski definition) is 5. The summed E-state index contributed by atoms with van der Waals surface area (Å²) in [6.07, 6.45) is 0. The third kappa shape index (κ3) is 8.24. The zero-order valence-electron chi connectivity index (χ0n) is 24.6. The minimum atomic E-state index is -4.21. The number of ether oxygens (including phenoxy) is 1. The molecule has 220 valence electrons. The monoisotopic (exact) mass is 599 g/mol. The highest BCUT2D eigenvalue weighted by Crippen LogP contribution is 2.34. The molecule has 8 nitrogen and oxygen atoms in total. The number of sulfonamides is 1. The van der Waals surface area contributed by atoms with Gasteiger partial charge in [-0.2, -0.15) is 0 Å². The standard InChI is InChI=1S/C31H38ClN3O5S/c1-21-8-15-26(16-9-21)41(38,39)35(27-18-22(2)10-17-28(27)40-7)20-29(36)34(19-24-11-13-25(32)14-12-24)23(3)30(37)33-31(4,5)6/h8-18,23H,19-20H2,1-7H3,(H,33,37)/t23-/m0/s1. The van der Waals surface area contributed by atoms with Crippen molar-refractivity contribution in [2.45, 2.75) is 64.6 Å². The molecule has 0 aliphatic carbocycles. The largest absolute Gasteiger partial charge is 0.495 e. The van der Waals surface area contributed by atoms with Crippen molar-refractivity contribution in [3.05, 3.63) is 88.4 Å². The van der Waals surface area contributed by atoms with Gasteiger partial charge in [-0.15, -0.1) is 0 Å². The number of methoxy groups -OCH3 is 1. The summed E-state index contributed by atoms with van der Waals surface area (Å²) in [4.78, 5) is 28.7. The van der Waals surface area contributed by atoms with Gasteiger partial charge in [-0.25, -0.2) is 8.42 Å². The van der Waals surface area contributed by atoms with Crippen LogP contribution in [0.1, 0.15) is 44.4 Å². The molecule has 3 aromatic carbocycles. The van der Waals surface area contributed by atoms with Crippen molar-refractivity contribution in [1.82, 2.24) is 10.2 Å². The van der Waals surface area contributed by atoms with E-state index in [-0.39, 0.29) is 23.0 Å². The van der Waals surface area contributed by atoms with Crippen LogP contribution in [0.2, 0.25) is 5.02 Å². The second kappa shape index (κ2) is 13.0. The van der Waals surface area contributed by atoms with Gasteiger partial charge in [0, 0.05) is 17.1 Å². The fourth-order valence-corrected chi connectivity index (χ4v) is 5.73. The molecular weight excluding hydrogens is 562 g/mol. The highest BCUT2D eigenvalue weighted by molar-refractivity contribution is 7.92. The molecule has 0 bridgehead atoms. The van der Waals surface area contributed by atoms with Crippen molar-refractivity contribution in [2.75, 3.05) is 18.0 Å². The predicted octanol–water partition coefficient (Wildman–Crippen LogP) is 5.49. The average Bonchev–Trinajstić information content (AvgIpc) is 2.90. The van der Waals surface area contributed by atoms with Crippen LogP contribution < -0.4 is 14.4 Å². The van der Waals surface area contributed by atoms with Crippen molar-refractivity contribution in [2.24, 2.45) is 0 Å². The summed E-state index contributed by atoms with van der Waals surface area (Å²) >= 11 is 6.06. The van der Waals surface area contributed by atoms with Crippen molar-refractivity contribution >= 4 is 39.1 Å². The number of nitrogens with zero attached hydrogens (tertiary/aromatic N) is 2. The first-order valence-corrected chi connectivity index (χ1v) is 15.0. The summed E-state index contributed by atoms with van der Waals surface area (Å²) in [5, 5.41) is 3.45. The van der Waals surface area contributed by atoms with Gasteiger partial charge in [-0.1, -0.05) is 47.5 Å². The van der Waals surface area contributed by atoms with Gasteiger partial charge < -0.3 is 15.0 Å². The van der Waals surface area contributed by atoms with Crippen LogP contribution in [0.4, 0.5) is 5.69 Å². The molecule has 3 rings (SSSR count). The number of amides is 2. The van der Waals surface area contributed by atoms with Gasteiger partial charge in [-0.3, -0.25) is 13.9 Å². The van der Waals surface area contributed by atoms with E-state index in [9.17, 15) is 18.0 Å². The van der Waals surface area contributed by atoms with Crippen LogP contribution >= 0.6 is 11.6 Å². The molecule has 3 aromatic rings. The van der Waals surface area contributed by atoms with Gasteiger partial charge in [0.15, 0.2) is 0 Å². The molecular formula is C31H38ClN3O5S. The smallest absolute Gasteiger partial charge is 0.264 e. The van der Waals surface area contributed by atoms with E-state index in [4.69, 9.17) is 16.3 Å². The first-order valence-electron chi connectivity index (χ1n) is 13.2. The van der Waals surface area contributed by atoms with Crippen molar-refractivity contribution in [3.63, 3.8) is 0 Å². The van der Waals surface area contributed by atoms with Gasteiger partial charge in [0.25, 0.3) is 10.0 Å². The number of hydrogen-bond donors (Lipinski definition) is 1. The van der Waals surface area contributed by atoms with E-state index < -0.39 is 34.1 Å². The third-order valence-electron chi connectivity index (χ3n) is 6.42. The molecule has 1 N–H and O–H groups in total. The molecule has 0 aromatic heterocycles. The number of aryl methyl sites for hydroxylation is 2. The van der Waals surface area contributed by atoms with Gasteiger partial charge in [0.2, 0.25) is 11.8 Å². The number of halogens is 1. The average molecular weight is 600 g/mol. The van der Waals surface area contributed by atoms with Crippen LogP contribution in [0.5, 0.6) is 5.75 Å². The molecule has 2 amide bonds. The van der Waals surface area contributed by atoms with Crippen molar-refractivity contribution in [1.29, 1.82) is 0 Å². The SMILES string of the molecule is COc1ccc(C)cc1N(CC(=O)N(Cc1ccc(Cl)cc1)[C@@H](C)C(=O)NC(C)(C)C)S(=O)(=O)c1ccc(C)cc1. The fourth-order valence-electron chi connectivity index (χ4n) is 4.19. The Morgan fingerprint density at radius 1 is 0.951 bits per heavy atom.